The molecule has 1 fully saturated rings. The molecule has 24 heavy (non-hydrogen) atoms. The molecule has 0 aliphatic carbocycles. The van der Waals surface area contributed by atoms with Crippen molar-refractivity contribution in [1.82, 2.24) is 4.98 Å². The molecule has 2 heterocycles. The van der Waals surface area contributed by atoms with Crippen molar-refractivity contribution < 1.29 is 26.6 Å². The fraction of sp³-hybridized carbons (Fsp3) is 0.500. The quantitative estimate of drug-likeness (QED) is 0.826. The van der Waals surface area contributed by atoms with Crippen LogP contribution in [-0.2, 0) is 19.8 Å². The number of aromatic nitrogens is 1. The molecule has 1 saturated heterocycles. The van der Waals surface area contributed by atoms with E-state index in [1.807, 2.05) is 0 Å². The summed E-state index contributed by atoms with van der Waals surface area (Å²) in [5, 5.41) is 1.01. The molecule has 10 heteroatoms. The minimum absolute atomic E-state index is 0.125. The van der Waals surface area contributed by atoms with Gasteiger partial charge >= 0.3 is 16.3 Å². The normalized spacial score (nSPS) is 18.6. The lowest BCUT2D eigenvalue weighted by atomic mass is 10.2. The predicted octanol–water partition coefficient (Wildman–Crippen LogP) is 1.83. The smallest absolute Gasteiger partial charge is 0.413 e. The minimum atomic E-state index is -4.81. The van der Waals surface area contributed by atoms with Gasteiger partial charge in [-0.15, -0.1) is 3.89 Å². The maximum Gasteiger partial charge on any atom is 0.413 e. The molecular formula is C14H18FN3O5S. The first kappa shape index (κ1) is 18.1. The maximum absolute atomic E-state index is 13.1. The highest BCUT2D eigenvalue weighted by atomic mass is 32.3. The largest absolute Gasteiger partial charge is 0.444 e. The Labute approximate surface area is 139 Å². The SMILES string of the molecule is CC(C)(C)OC(=O)Nc1cccc(N2CC(S(=O)(=O)F)CC2=O)n1. The van der Waals surface area contributed by atoms with Crippen molar-refractivity contribution in [2.24, 2.45) is 0 Å². The van der Waals surface area contributed by atoms with Gasteiger partial charge in [-0.3, -0.25) is 15.0 Å². The summed E-state index contributed by atoms with van der Waals surface area (Å²) in [6.07, 6.45) is -1.16. The Morgan fingerprint density at radius 3 is 2.62 bits per heavy atom. The van der Waals surface area contributed by atoms with E-state index in [1.165, 1.54) is 18.2 Å². The fourth-order valence-corrected chi connectivity index (χ4v) is 2.80. The summed E-state index contributed by atoms with van der Waals surface area (Å²) in [6.45, 7) is 4.80. The lowest BCUT2D eigenvalue weighted by Gasteiger charge is -2.20. The van der Waals surface area contributed by atoms with Gasteiger partial charge in [0.05, 0.1) is 0 Å². The second kappa shape index (κ2) is 6.34. The molecule has 132 valence electrons. The van der Waals surface area contributed by atoms with Gasteiger partial charge in [0.25, 0.3) is 0 Å². The molecule has 1 aromatic heterocycles. The molecule has 0 spiro atoms. The lowest BCUT2D eigenvalue weighted by Crippen LogP contribution is -2.29. The third kappa shape index (κ3) is 4.63. The molecule has 1 unspecified atom stereocenters. The van der Waals surface area contributed by atoms with E-state index in [9.17, 15) is 21.9 Å². The third-order valence-corrected chi connectivity index (χ3v) is 4.24. The number of carbonyl (C=O) groups is 2. The number of anilines is 2. The van der Waals surface area contributed by atoms with Crippen molar-refractivity contribution in [3.8, 4) is 0 Å². The van der Waals surface area contributed by atoms with E-state index in [-0.39, 0.29) is 18.2 Å². The number of hydrogen-bond acceptors (Lipinski definition) is 6. The van der Waals surface area contributed by atoms with Crippen LogP contribution in [0.3, 0.4) is 0 Å². The average Bonchev–Trinajstić information content (AvgIpc) is 2.78. The van der Waals surface area contributed by atoms with Crippen molar-refractivity contribution in [2.75, 3.05) is 16.8 Å². The molecule has 8 nitrogen and oxygen atoms in total. The highest BCUT2D eigenvalue weighted by Gasteiger charge is 2.39. The van der Waals surface area contributed by atoms with Crippen molar-refractivity contribution in [2.45, 2.75) is 38.0 Å². The number of carbonyl (C=O) groups excluding carboxylic acids is 2. The Balaban J connectivity index is 2.13. The monoisotopic (exact) mass is 359 g/mol. The highest BCUT2D eigenvalue weighted by Crippen LogP contribution is 2.25. The number of nitrogens with one attached hydrogen (secondary N) is 1. The van der Waals surface area contributed by atoms with E-state index < -0.39 is 39.5 Å². The summed E-state index contributed by atoms with van der Waals surface area (Å²) in [4.78, 5) is 28.8. The number of rotatable bonds is 3. The van der Waals surface area contributed by atoms with Crippen LogP contribution in [0.1, 0.15) is 27.2 Å². The molecule has 1 aromatic rings. The summed E-state index contributed by atoms with van der Waals surface area (Å²) in [5.41, 5.74) is -0.685. The van der Waals surface area contributed by atoms with E-state index >= 15 is 0 Å². The Hall–Kier alpha value is -2.23. The topological polar surface area (TPSA) is 106 Å². The number of ether oxygens (including phenoxy) is 1. The van der Waals surface area contributed by atoms with Crippen LogP contribution in [-0.4, -0.2) is 42.8 Å². The van der Waals surface area contributed by atoms with Crippen LogP contribution >= 0.6 is 0 Å². The molecule has 1 N–H and O–H groups in total. The molecule has 1 atom stereocenters. The van der Waals surface area contributed by atoms with Crippen LogP contribution in [0, 0.1) is 0 Å². The Kier molecular flexibility index (Phi) is 4.79. The summed E-state index contributed by atoms with van der Waals surface area (Å²) in [5.74, 6) is -0.302. The zero-order valence-corrected chi connectivity index (χ0v) is 14.3. The fourth-order valence-electron chi connectivity index (χ4n) is 2.14. The summed E-state index contributed by atoms with van der Waals surface area (Å²) in [6, 6.07) is 4.47. The lowest BCUT2D eigenvalue weighted by molar-refractivity contribution is -0.117. The van der Waals surface area contributed by atoms with Crippen LogP contribution in [0.2, 0.25) is 0 Å². The second-order valence-electron chi connectivity index (χ2n) is 6.31. The van der Waals surface area contributed by atoms with Crippen molar-refractivity contribution >= 4 is 33.9 Å². The average molecular weight is 359 g/mol. The number of halogens is 1. The van der Waals surface area contributed by atoms with Crippen LogP contribution in [0.5, 0.6) is 0 Å². The van der Waals surface area contributed by atoms with Gasteiger partial charge in [-0.05, 0) is 32.9 Å². The summed E-state index contributed by atoms with van der Waals surface area (Å²) in [7, 11) is -4.81. The molecular weight excluding hydrogens is 341 g/mol. The van der Waals surface area contributed by atoms with Gasteiger partial charge in [0.15, 0.2) is 0 Å². The van der Waals surface area contributed by atoms with Gasteiger partial charge in [-0.2, -0.15) is 8.42 Å². The molecule has 2 amide bonds. The van der Waals surface area contributed by atoms with Crippen LogP contribution < -0.4 is 10.2 Å². The van der Waals surface area contributed by atoms with Gasteiger partial charge < -0.3 is 4.74 Å². The number of nitrogens with zero attached hydrogens (tertiary/aromatic N) is 2. The van der Waals surface area contributed by atoms with E-state index in [1.54, 1.807) is 20.8 Å². The van der Waals surface area contributed by atoms with E-state index in [0.717, 1.165) is 4.90 Å². The van der Waals surface area contributed by atoms with Crippen molar-refractivity contribution in [3.05, 3.63) is 18.2 Å². The number of hydrogen-bond donors (Lipinski definition) is 1. The predicted molar refractivity (Wildman–Crippen MR) is 84.9 cm³/mol. The molecule has 0 bridgehead atoms. The van der Waals surface area contributed by atoms with Gasteiger partial charge in [-0.1, -0.05) is 6.07 Å². The molecule has 0 saturated carbocycles. The molecule has 0 aromatic carbocycles. The van der Waals surface area contributed by atoms with E-state index in [4.69, 9.17) is 4.74 Å². The summed E-state index contributed by atoms with van der Waals surface area (Å²) < 4.78 is 40.1. The molecule has 1 aliphatic rings. The van der Waals surface area contributed by atoms with Gasteiger partial charge in [0.1, 0.15) is 22.5 Å². The third-order valence-electron chi connectivity index (χ3n) is 3.13. The van der Waals surface area contributed by atoms with Gasteiger partial charge in [-0.25, -0.2) is 9.78 Å². The van der Waals surface area contributed by atoms with Crippen molar-refractivity contribution in [1.29, 1.82) is 0 Å². The first-order valence-corrected chi connectivity index (χ1v) is 8.61. The van der Waals surface area contributed by atoms with Gasteiger partial charge in [0, 0.05) is 13.0 Å². The first-order valence-electron chi connectivity index (χ1n) is 7.16. The van der Waals surface area contributed by atoms with Crippen LogP contribution in [0.4, 0.5) is 20.3 Å². The summed E-state index contributed by atoms with van der Waals surface area (Å²) >= 11 is 0. The molecule has 0 radical (unpaired) electrons. The number of pyridine rings is 1. The van der Waals surface area contributed by atoms with E-state index in [2.05, 4.69) is 10.3 Å². The minimum Gasteiger partial charge on any atom is -0.444 e. The van der Waals surface area contributed by atoms with Crippen LogP contribution in [0.25, 0.3) is 0 Å². The second-order valence-corrected chi connectivity index (χ2v) is 7.93. The van der Waals surface area contributed by atoms with Crippen molar-refractivity contribution in [3.63, 3.8) is 0 Å². The molecule has 1 aliphatic heterocycles. The zero-order chi connectivity index (χ0) is 18.1. The standard InChI is InChI=1S/C14H18FN3O5S/c1-14(2,3)23-13(20)17-10-5-4-6-11(16-10)18-8-9(7-12(18)19)24(15,21)22/h4-6,9H,7-8H2,1-3H3,(H,16,17,20). The highest BCUT2D eigenvalue weighted by molar-refractivity contribution is 7.87. The Bertz CT molecular complexity index is 760. The maximum atomic E-state index is 13.1. The van der Waals surface area contributed by atoms with Gasteiger partial charge in [0.2, 0.25) is 5.91 Å². The van der Waals surface area contributed by atoms with Crippen LogP contribution in [0.15, 0.2) is 18.2 Å². The number of amides is 2. The zero-order valence-electron chi connectivity index (χ0n) is 13.4. The molecule has 2 rings (SSSR count). The van der Waals surface area contributed by atoms with E-state index in [0.29, 0.717) is 0 Å². The Morgan fingerprint density at radius 1 is 1.42 bits per heavy atom. The first-order chi connectivity index (χ1) is 11.0. The Morgan fingerprint density at radius 2 is 2.08 bits per heavy atom.